The smallest absolute Gasteiger partial charge is 0.350 e. The van der Waals surface area contributed by atoms with E-state index in [0.29, 0.717) is 10.4 Å². The monoisotopic (exact) mass is 436 g/mol. The summed E-state index contributed by atoms with van der Waals surface area (Å²) in [7, 11) is -4.07. The van der Waals surface area contributed by atoms with Crippen molar-refractivity contribution >= 4 is 21.6 Å². The zero-order valence-corrected chi connectivity index (χ0v) is 16.1. The Morgan fingerprint density at radius 2 is 1.76 bits per heavy atom. The molecule has 0 radical (unpaired) electrons. The van der Waals surface area contributed by atoms with E-state index >= 15 is 0 Å². The van der Waals surface area contributed by atoms with E-state index < -0.39 is 45.3 Å². The molecule has 2 aromatic carbocycles. The SMILES string of the molecule is C[C@@H](C(=O)NCc1cccc(C(F)(F)F)c1)N(c1ccc(F)c(F)c1)S(C)(=O)=O. The number of amides is 1. The molecule has 158 valence electrons. The third-order valence-corrected chi connectivity index (χ3v) is 5.21. The van der Waals surface area contributed by atoms with Gasteiger partial charge in [0.05, 0.1) is 17.5 Å². The maximum Gasteiger partial charge on any atom is 0.416 e. The normalized spacial score (nSPS) is 13.1. The van der Waals surface area contributed by atoms with Crippen LogP contribution in [-0.2, 0) is 27.5 Å². The minimum atomic E-state index is -4.55. The van der Waals surface area contributed by atoms with Gasteiger partial charge in [0, 0.05) is 12.6 Å². The average Bonchev–Trinajstić information content (AvgIpc) is 2.61. The zero-order chi connectivity index (χ0) is 22.0. The van der Waals surface area contributed by atoms with Crippen LogP contribution in [0.4, 0.5) is 27.6 Å². The second kappa shape index (κ2) is 8.36. The van der Waals surface area contributed by atoms with Gasteiger partial charge in [0.15, 0.2) is 11.6 Å². The molecule has 2 aromatic rings. The van der Waals surface area contributed by atoms with Gasteiger partial charge in [-0.05, 0) is 36.8 Å². The molecule has 5 nitrogen and oxygen atoms in total. The summed E-state index contributed by atoms with van der Waals surface area (Å²) in [5.74, 6) is -3.32. The lowest BCUT2D eigenvalue weighted by Gasteiger charge is -2.28. The Bertz CT molecular complexity index is 1010. The molecular weight excluding hydrogens is 419 g/mol. The highest BCUT2D eigenvalue weighted by Gasteiger charge is 2.31. The van der Waals surface area contributed by atoms with E-state index in [1.807, 2.05) is 0 Å². The number of halogens is 5. The van der Waals surface area contributed by atoms with Crippen molar-refractivity contribution in [3.8, 4) is 0 Å². The van der Waals surface area contributed by atoms with Crippen LogP contribution in [0.2, 0.25) is 0 Å². The minimum Gasteiger partial charge on any atom is -0.350 e. The van der Waals surface area contributed by atoms with Gasteiger partial charge in [-0.25, -0.2) is 17.2 Å². The van der Waals surface area contributed by atoms with Gasteiger partial charge in [0.1, 0.15) is 6.04 Å². The summed E-state index contributed by atoms with van der Waals surface area (Å²) in [6.07, 6.45) is -3.77. The molecular formula is C18H17F5N2O3S. The van der Waals surface area contributed by atoms with Crippen molar-refractivity contribution in [3.05, 3.63) is 65.2 Å². The number of rotatable bonds is 6. The molecule has 1 atom stereocenters. The van der Waals surface area contributed by atoms with Crippen LogP contribution in [0.5, 0.6) is 0 Å². The van der Waals surface area contributed by atoms with Gasteiger partial charge in [0.25, 0.3) is 0 Å². The van der Waals surface area contributed by atoms with E-state index in [1.54, 1.807) is 0 Å². The Hall–Kier alpha value is -2.69. The Kier molecular flexibility index (Phi) is 6.51. The lowest BCUT2D eigenvalue weighted by atomic mass is 10.1. The molecule has 0 aromatic heterocycles. The summed E-state index contributed by atoms with van der Waals surface area (Å²) in [6.45, 7) is 0.923. The van der Waals surface area contributed by atoms with Gasteiger partial charge in [0.2, 0.25) is 15.9 Å². The Morgan fingerprint density at radius 1 is 1.10 bits per heavy atom. The van der Waals surface area contributed by atoms with Crippen LogP contribution in [-0.4, -0.2) is 26.6 Å². The molecule has 0 spiro atoms. The van der Waals surface area contributed by atoms with Crippen LogP contribution in [0.15, 0.2) is 42.5 Å². The second-order valence-electron chi connectivity index (χ2n) is 6.25. The summed E-state index contributed by atoms with van der Waals surface area (Å²) in [5, 5.41) is 2.35. The van der Waals surface area contributed by atoms with Crippen molar-refractivity contribution in [2.45, 2.75) is 25.7 Å². The number of carbonyl (C=O) groups excluding carboxylic acids is 1. The van der Waals surface area contributed by atoms with Gasteiger partial charge in [-0.2, -0.15) is 13.2 Å². The van der Waals surface area contributed by atoms with Gasteiger partial charge in [-0.15, -0.1) is 0 Å². The molecule has 11 heteroatoms. The maximum atomic E-state index is 13.5. The molecule has 2 rings (SSSR count). The minimum absolute atomic E-state index is 0.152. The van der Waals surface area contributed by atoms with E-state index in [4.69, 9.17) is 0 Å². The number of sulfonamides is 1. The lowest BCUT2D eigenvalue weighted by molar-refractivity contribution is -0.137. The molecule has 0 bridgehead atoms. The van der Waals surface area contributed by atoms with E-state index in [9.17, 15) is 35.2 Å². The predicted octanol–water partition coefficient (Wildman–Crippen LogP) is 3.45. The number of benzene rings is 2. The quantitative estimate of drug-likeness (QED) is 0.706. The molecule has 0 heterocycles. The Balaban J connectivity index is 2.21. The Morgan fingerprint density at radius 3 is 2.31 bits per heavy atom. The van der Waals surface area contributed by atoms with Crippen molar-refractivity contribution in [2.75, 3.05) is 10.6 Å². The van der Waals surface area contributed by atoms with Crippen LogP contribution in [0.1, 0.15) is 18.1 Å². The first-order valence-corrected chi connectivity index (χ1v) is 10.0. The standard InChI is InChI=1S/C18H17F5N2O3S/c1-11(25(29(2,27)28)14-6-7-15(19)16(20)9-14)17(26)24-10-12-4-3-5-13(8-12)18(21,22)23/h3-9,11H,10H2,1-2H3,(H,24,26)/t11-/m0/s1. The molecule has 29 heavy (non-hydrogen) atoms. The van der Waals surface area contributed by atoms with Crippen molar-refractivity contribution in [1.82, 2.24) is 5.32 Å². The number of anilines is 1. The summed E-state index contributed by atoms with van der Waals surface area (Å²) in [6, 6.07) is 5.25. The Labute approximate surface area is 164 Å². The van der Waals surface area contributed by atoms with Crippen LogP contribution >= 0.6 is 0 Å². The zero-order valence-electron chi connectivity index (χ0n) is 15.3. The molecule has 0 fully saturated rings. The third-order valence-electron chi connectivity index (χ3n) is 3.97. The van der Waals surface area contributed by atoms with Crippen molar-refractivity contribution < 1.29 is 35.2 Å². The van der Waals surface area contributed by atoms with E-state index in [0.717, 1.165) is 30.5 Å². The molecule has 0 aliphatic heterocycles. The summed E-state index contributed by atoms with van der Waals surface area (Å²) >= 11 is 0. The van der Waals surface area contributed by atoms with Gasteiger partial charge in [-0.3, -0.25) is 9.10 Å². The second-order valence-corrected chi connectivity index (χ2v) is 8.11. The number of alkyl halides is 3. The topological polar surface area (TPSA) is 66.5 Å². The molecule has 0 aliphatic carbocycles. The number of hydrogen-bond acceptors (Lipinski definition) is 3. The highest BCUT2D eigenvalue weighted by atomic mass is 32.2. The fraction of sp³-hybridized carbons (Fsp3) is 0.278. The third kappa shape index (κ3) is 5.66. The van der Waals surface area contributed by atoms with Crippen LogP contribution in [0, 0.1) is 11.6 Å². The molecule has 0 saturated heterocycles. The number of carbonyl (C=O) groups is 1. The summed E-state index contributed by atoms with van der Waals surface area (Å²) < 4.78 is 89.7. The fourth-order valence-electron chi connectivity index (χ4n) is 2.63. The first-order valence-electron chi connectivity index (χ1n) is 8.19. The van der Waals surface area contributed by atoms with Crippen LogP contribution in [0.3, 0.4) is 0 Å². The largest absolute Gasteiger partial charge is 0.416 e. The van der Waals surface area contributed by atoms with Crippen molar-refractivity contribution in [3.63, 3.8) is 0 Å². The van der Waals surface area contributed by atoms with Crippen molar-refractivity contribution in [2.24, 2.45) is 0 Å². The maximum absolute atomic E-state index is 13.5. The fourth-order valence-corrected chi connectivity index (χ4v) is 3.79. The molecule has 0 aliphatic rings. The number of hydrogen-bond donors (Lipinski definition) is 1. The van der Waals surface area contributed by atoms with Crippen LogP contribution < -0.4 is 9.62 Å². The predicted molar refractivity (Wildman–Crippen MR) is 96.4 cm³/mol. The van der Waals surface area contributed by atoms with Crippen LogP contribution in [0.25, 0.3) is 0 Å². The molecule has 1 amide bonds. The highest BCUT2D eigenvalue weighted by molar-refractivity contribution is 7.92. The molecule has 1 N–H and O–H groups in total. The molecule has 0 unspecified atom stereocenters. The number of nitrogens with zero attached hydrogens (tertiary/aromatic N) is 1. The first kappa shape index (κ1) is 22.6. The van der Waals surface area contributed by atoms with E-state index in [1.165, 1.54) is 19.1 Å². The average molecular weight is 436 g/mol. The highest BCUT2D eigenvalue weighted by Crippen LogP contribution is 2.29. The van der Waals surface area contributed by atoms with Gasteiger partial charge >= 0.3 is 6.18 Å². The molecule has 0 saturated carbocycles. The van der Waals surface area contributed by atoms with Crippen molar-refractivity contribution in [1.29, 1.82) is 0 Å². The van der Waals surface area contributed by atoms with E-state index in [-0.39, 0.29) is 17.8 Å². The van der Waals surface area contributed by atoms with E-state index in [2.05, 4.69) is 5.32 Å². The summed E-state index contributed by atoms with van der Waals surface area (Å²) in [5.41, 5.74) is -1.01. The van der Waals surface area contributed by atoms with Gasteiger partial charge in [-0.1, -0.05) is 12.1 Å². The lowest BCUT2D eigenvalue weighted by Crippen LogP contribution is -2.47. The van der Waals surface area contributed by atoms with Gasteiger partial charge < -0.3 is 5.32 Å². The number of nitrogens with one attached hydrogen (secondary N) is 1. The summed E-state index contributed by atoms with van der Waals surface area (Å²) in [4.78, 5) is 12.4. The first-order chi connectivity index (χ1) is 13.3.